The number of likely N-dealkylation sites (N-methyl/N-ethyl adjacent to an activating group) is 1. The molecule has 0 rings (SSSR count). The first-order valence-corrected chi connectivity index (χ1v) is 7.50. The molecule has 18 heavy (non-hydrogen) atoms. The minimum atomic E-state index is -0.627. The van der Waals surface area contributed by atoms with Crippen molar-refractivity contribution in [3.05, 3.63) is 0 Å². The highest BCUT2D eigenvalue weighted by Crippen LogP contribution is 2.24. The fourth-order valence-corrected chi connectivity index (χ4v) is 3.07. The van der Waals surface area contributed by atoms with Gasteiger partial charge >= 0.3 is 5.97 Å². The molecule has 0 aromatic heterocycles. The van der Waals surface area contributed by atoms with E-state index in [1.54, 1.807) is 11.8 Å². The van der Waals surface area contributed by atoms with Gasteiger partial charge in [-0.15, -0.1) is 0 Å². The van der Waals surface area contributed by atoms with Crippen LogP contribution in [0.25, 0.3) is 0 Å². The molecule has 0 heterocycles. The average Bonchev–Trinajstić information content (AvgIpc) is 2.34. The number of nitrogens with one attached hydrogen (secondary N) is 1. The molecule has 4 nitrogen and oxygen atoms in total. The van der Waals surface area contributed by atoms with E-state index in [1.807, 2.05) is 20.8 Å². The maximum atomic E-state index is 11.8. The van der Waals surface area contributed by atoms with Gasteiger partial charge in [-0.25, -0.2) is 0 Å². The molecule has 0 amide bonds. The number of thioether (sulfide) groups is 1. The third-order valence-electron chi connectivity index (χ3n) is 2.88. The van der Waals surface area contributed by atoms with Crippen LogP contribution >= 0.6 is 11.8 Å². The van der Waals surface area contributed by atoms with Gasteiger partial charge in [0.05, 0.1) is 7.11 Å². The minimum absolute atomic E-state index is 0.210. The fourth-order valence-electron chi connectivity index (χ4n) is 1.86. The molecule has 0 aliphatic rings. The lowest BCUT2D eigenvalue weighted by Crippen LogP contribution is -2.51. The van der Waals surface area contributed by atoms with Crippen LogP contribution in [-0.4, -0.2) is 47.9 Å². The van der Waals surface area contributed by atoms with Crippen LogP contribution in [0.15, 0.2) is 0 Å². The number of methoxy groups -OCH3 is 1. The monoisotopic (exact) mass is 277 g/mol. The summed E-state index contributed by atoms with van der Waals surface area (Å²) in [7, 11) is 1.42. The maximum absolute atomic E-state index is 11.8. The predicted molar refractivity (Wildman–Crippen MR) is 76.9 cm³/mol. The van der Waals surface area contributed by atoms with Crippen molar-refractivity contribution in [3.8, 4) is 0 Å². The topological polar surface area (TPSA) is 58.6 Å². The van der Waals surface area contributed by atoms with E-state index in [-0.39, 0.29) is 12.6 Å². The summed E-state index contributed by atoms with van der Waals surface area (Å²) in [6, 6.07) is 0. The smallest absolute Gasteiger partial charge is 0.325 e. The Bertz CT molecular complexity index is 250. The standard InChI is InChI=1S/C13H27NO3S/c1-6-14-13(4,12(16)17-5)7-11(3)18-9-10(2)8-15/h10-11,14-15H,6-9H2,1-5H3. The van der Waals surface area contributed by atoms with Crippen LogP contribution in [0.2, 0.25) is 0 Å². The van der Waals surface area contributed by atoms with Gasteiger partial charge in [-0.05, 0) is 31.6 Å². The first-order chi connectivity index (χ1) is 8.39. The van der Waals surface area contributed by atoms with Gasteiger partial charge in [-0.3, -0.25) is 4.79 Å². The zero-order valence-electron chi connectivity index (χ0n) is 12.2. The molecular weight excluding hydrogens is 250 g/mol. The van der Waals surface area contributed by atoms with Crippen molar-refractivity contribution >= 4 is 17.7 Å². The fraction of sp³-hybridized carbons (Fsp3) is 0.923. The molecular formula is C13H27NO3S. The van der Waals surface area contributed by atoms with Gasteiger partial charge in [-0.1, -0.05) is 20.8 Å². The van der Waals surface area contributed by atoms with E-state index in [0.717, 1.165) is 18.7 Å². The number of hydrogen-bond acceptors (Lipinski definition) is 5. The number of aliphatic hydroxyl groups is 1. The summed E-state index contributed by atoms with van der Waals surface area (Å²) in [5.74, 6) is 0.981. The number of esters is 1. The van der Waals surface area contributed by atoms with E-state index in [2.05, 4.69) is 12.2 Å². The molecule has 0 aromatic carbocycles. The lowest BCUT2D eigenvalue weighted by Gasteiger charge is -2.30. The van der Waals surface area contributed by atoms with Crippen molar-refractivity contribution in [1.82, 2.24) is 5.32 Å². The van der Waals surface area contributed by atoms with E-state index in [0.29, 0.717) is 11.2 Å². The summed E-state index contributed by atoms with van der Waals surface area (Å²) in [6.45, 7) is 8.93. The second-order valence-electron chi connectivity index (χ2n) is 4.99. The molecule has 108 valence electrons. The Hall–Kier alpha value is -0.260. The Kier molecular flexibility index (Phi) is 8.65. The zero-order chi connectivity index (χ0) is 14.2. The zero-order valence-corrected chi connectivity index (χ0v) is 13.0. The largest absolute Gasteiger partial charge is 0.468 e. The molecule has 0 aliphatic heterocycles. The summed E-state index contributed by atoms with van der Waals surface area (Å²) < 4.78 is 4.86. The number of ether oxygens (including phenoxy) is 1. The highest BCUT2D eigenvalue weighted by atomic mass is 32.2. The van der Waals surface area contributed by atoms with Crippen LogP contribution in [0, 0.1) is 5.92 Å². The molecule has 0 radical (unpaired) electrons. The molecule has 0 spiro atoms. The normalized spacial score (nSPS) is 17.9. The van der Waals surface area contributed by atoms with Crippen LogP contribution in [0.3, 0.4) is 0 Å². The van der Waals surface area contributed by atoms with Gasteiger partial charge in [0.15, 0.2) is 0 Å². The lowest BCUT2D eigenvalue weighted by molar-refractivity contribution is -0.148. The third kappa shape index (κ3) is 6.07. The van der Waals surface area contributed by atoms with Crippen molar-refractivity contribution in [3.63, 3.8) is 0 Å². The van der Waals surface area contributed by atoms with Crippen LogP contribution in [0.4, 0.5) is 0 Å². The summed E-state index contributed by atoms with van der Waals surface area (Å²) in [5.41, 5.74) is -0.627. The van der Waals surface area contributed by atoms with E-state index >= 15 is 0 Å². The molecule has 5 heteroatoms. The lowest BCUT2D eigenvalue weighted by atomic mass is 9.96. The maximum Gasteiger partial charge on any atom is 0.325 e. The molecule has 3 atom stereocenters. The van der Waals surface area contributed by atoms with Crippen molar-refractivity contribution < 1.29 is 14.6 Å². The molecule has 0 aromatic rings. The Morgan fingerprint density at radius 1 is 1.50 bits per heavy atom. The molecule has 2 N–H and O–H groups in total. The van der Waals surface area contributed by atoms with E-state index in [1.165, 1.54) is 7.11 Å². The van der Waals surface area contributed by atoms with Crippen molar-refractivity contribution in [2.75, 3.05) is 26.0 Å². The van der Waals surface area contributed by atoms with Gasteiger partial charge in [0, 0.05) is 11.9 Å². The Labute approximate surface area is 115 Å². The first-order valence-electron chi connectivity index (χ1n) is 6.45. The number of hydrogen-bond donors (Lipinski definition) is 2. The first kappa shape index (κ1) is 17.7. The van der Waals surface area contributed by atoms with Crippen LogP contribution in [0.5, 0.6) is 0 Å². The third-order valence-corrected chi connectivity index (χ3v) is 4.37. The number of aliphatic hydroxyl groups excluding tert-OH is 1. The van der Waals surface area contributed by atoms with Crippen molar-refractivity contribution in [2.45, 2.75) is 44.9 Å². The Balaban J connectivity index is 4.35. The predicted octanol–water partition coefficient (Wildman–Crippen LogP) is 1.67. The van der Waals surface area contributed by atoms with E-state index < -0.39 is 5.54 Å². The van der Waals surface area contributed by atoms with Crippen molar-refractivity contribution in [1.29, 1.82) is 0 Å². The van der Waals surface area contributed by atoms with Crippen molar-refractivity contribution in [2.24, 2.45) is 5.92 Å². The van der Waals surface area contributed by atoms with Gasteiger partial charge in [0.1, 0.15) is 5.54 Å². The highest BCUT2D eigenvalue weighted by molar-refractivity contribution is 7.99. The second-order valence-corrected chi connectivity index (χ2v) is 6.46. The van der Waals surface area contributed by atoms with Crippen LogP contribution < -0.4 is 5.32 Å². The average molecular weight is 277 g/mol. The molecule has 3 unspecified atom stereocenters. The quantitative estimate of drug-likeness (QED) is 0.628. The molecule has 0 saturated heterocycles. The van der Waals surface area contributed by atoms with Gasteiger partial charge in [0.25, 0.3) is 0 Å². The molecule has 0 aliphatic carbocycles. The van der Waals surface area contributed by atoms with Crippen LogP contribution in [0.1, 0.15) is 34.1 Å². The summed E-state index contributed by atoms with van der Waals surface area (Å²) >= 11 is 1.78. The Morgan fingerprint density at radius 2 is 2.11 bits per heavy atom. The number of carbonyl (C=O) groups is 1. The summed E-state index contributed by atoms with van der Waals surface area (Å²) in [4.78, 5) is 11.8. The second kappa shape index (κ2) is 8.77. The SMILES string of the molecule is CCNC(C)(CC(C)SCC(C)CO)C(=O)OC. The van der Waals surface area contributed by atoms with Gasteiger partial charge in [-0.2, -0.15) is 11.8 Å². The number of carbonyl (C=O) groups excluding carboxylic acids is 1. The molecule has 0 saturated carbocycles. The van der Waals surface area contributed by atoms with Gasteiger partial charge in [0.2, 0.25) is 0 Å². The minimum Gasteiger partial charge on any atom is -0.468 e. The highest BCUT2D eigenvalue weighted by Gasteiger charge is 2.35. The van der Waals surface area contributed by atoms with Crippen LogP contribution in [-0.2, 0) is 9.53 Å². The van der Waals surface area contributed by atoms with E-state index in [9.17, 15) is 4.79 Å². The molecule has 0 bridgehead atoms. The van der Waals surface area contributed by atoms with Gasteiger partial charge < -0.3 is 15.2 Å². The molecule has 0 fully saturated rings. The summed E-state index contributed by atoms with van der Waals surface area (Å²) in [5, 5.41) is 12.5. The number of rotatable bonds is 9. The van der Waals surface area contributed by atoms with E-state index in [4.69, 9.17) is 9.84 Å². The Morgan fingerprint density at radius 3 is 2.56 bits per heavy atom. The summed E-state index contributed by atoms with van der Waals surface area (Å²) in [6.07, 6.45) is 0.719.